The number of rotatable bonds is 7. The molecule has 0 aliphatic carbocycles. The summed E-state index contributed by atoms with van der Waals surface area (Å²) in [5.41, 5.74) is 1.13. The van der Waals surface area contributed by atoms with Crippen LogP contribution >= 0.6 is 0 Å². The van der Waals surface area contributed by atoms with E-state index >= 15 is 0 Å². The van der Waals surface area contributed by atoms with Gasteiger partial charge < -0.3 is 14.6 Å². The second kappa shape index (κ2) is 8.10. The van der Waals surface area contributed by atoms with Gasteiger partial charge in [0, 0.05) is 20.1 Å². The van der Waals surface area contributed by atoms with Crippen LogP contribution in [-0.4, -0.2) is 37.6 Å². The lowest BCUT2D eigenvalue weighted by Crippen LogP contribution is -2.38. The van der Waals surface area contributed by atoms with E-state index in [1.165, 1.54) is 0 Å². The van der Waals surface area contributed by atoms with Crippen LogP contribution < -0.4 is 0 Å². The van der Waals surface area contributed by atoms with Crippen LogP contribution in [-0.2, 0) is 9.47 Å². The summed E-state index contributed by atoms with van der Waals surface area (Å²) in [7, 11) is 3.28. The van der Waals surface area contributed by atoms with Crippen LogP contribution in [0, 0.1) is 5.92 Å². The molecule has 0 bridgehead atoms. The van der Waals surface area contributed by atoms with E-state index in [-0.39, 0.29) is 18.1 Å². The van der Waals surface area contributed by atoms with Gasteiger partial charge in [-0.1, -0.05) is 49.4 Å². The van der Waals surface area contributed by atoms with Crippen molar-refractivity contribution in [3.63, 3.8) is 0 Å². The lowest BCUT2D eigenvalue weighted by molar-refractivity contribution is -0.0652. The molecule has 0 spiro atoms. The van der Waals surface area contributed by atoms with E-state index in [0.29, 0.717) is 0 Å². The Labute approximate surface area is 115 Å². The molecule has 1 unspecified atom stereocenters. The van der Waals surface area contributed by atoms with Gasteiger partial charge in [-0.15, -0.1) is 0 Å². The number of hydrogen-bond acceptors (Lipinski definition) is 3. The van der Waals surface area contributed by atoms with E-state index in [1.807, 2.05) is 49.4 Å². The van der Waals surface area contributed by atoms with Crippen LogP contribution in [0.25, 0.3) is 6.08 Å². The maximum atomic E-state index is 9.71. The number of hydrogen-bond donors (Lipinski definition) is 1. The molecule has 3 heteroatoms. The highest BCUT2D eigenvalue weighted by molar-refractivity contribution is 5.49. The van der Waals surface area contributed by atoms with Gasteiger partial charge in [0.2, 0.25) is 0 Å². The fourth-order valence-electron chi connectivity index (χ4n) is 2.28. The highest BCUT2D eigenvalue weighted by Crippen LogP contribution is 2.19. The predicted molar refractivity (Wildman–Crippen MR) is 77.9 cm³/mol. The Balaban J connectivity index is 2.75. The number of methoxy groups -OCH3 is 2. The van der Waals surface area contributed by atoms with E-state index in [4.69, 9.17) is 9.47 Å². The molecule has 0 radical (unpaired) electrons. The van der Waals surface area contributed by atoms with Crippen LogP contribution in [0.5, 0.6) is 0 Å². The Bertz CT molecular complexity index is 373. The first kappa shape index (κ1) is 15.9. The van der Waals surface area contributed by atoms with Gasteiger partial charge in [-0.25, -0.2) is 0 Å². The van der Waals surface area contributed by atoms with Gasteiger partial charge in [-0.3, -0.25) is 0 Å². The highest BCUT2D eigenvalue weighted by atomic mass is 16.5. The Morgan fingerprint density at radius 1 is 1.05 bits per heavy atom. The zero-order chi connectivity index (χ0) is 14.3. The van der Waals surface area contributed by atoms with Crippen molar-refractivity contribution in [2.45, 2.75) is 32.2 Å². The molecule has 3 nitrogen and oxygen atoms in total. The topological polar surface area (TPSA) is 38.7 Å². The summed E-state index contributed by atoms with van der Waals surface area (Å²) < 4.78 is 10.8. The normalized spacial score (nSPS) is 18.2. The molecule has 1 rings (SSSR count). The molecule has 19 heavy (non-hydrogen) atoms. The first-order valence-electron chi connectivity index (χ1n) is 6.57. The molecule has 0 aliphatic heterocycles. The van der Waals surface area contributed by atoms with Crippen molar-refractivity contribution >= 4 is 6.08 Å². The second-order valence-electron chi connectivity index (χ2n) is 4.77. The Morgan fingerprint density at radius 3 is 2.16 bits per heavy atom. The quantitative estimate of drug-likeness (QED) is 0.823. The Morgan fingerprint density at radius 2 is 1.68 bits per heavy atom. The first-order valence-corrected chi connectivity index (χ1v) is 6.57. The van der Waals surface area contributed by atoms with E-state index in [0.717, 1.165) is 5.56 Å². The van der Waals surface area contributed by atoms with Crippen LogP contribution in [0.4, 0.5) is 0 Å². The number of benzene rings is 1. The van der Waals surface area contributed by atoms with Crippen LogP contribution in [0.15, 0.2) is 36.4 Å². The molecule has 0 fully saturated rings. The Hall–Kier alpha value is -1.16. The summed E-state index contributed by atoms with van der Waals surface area (Å²) in [6.07, 6.45) is 3.17. The molecule has 0 aromatic heterocycles. The molecule has 0 saturated heterocycles. The zero-order valence-electron chi connectivity index (χ0n) is 12.1. The van der Waals surface area contributed by atoms with E-state index in [2.05, 4.69) is 0 Å². The number of aliphatic hydroxyl groups excluding tert-OH is 1. The van der Waals surface area contributed by atoms with Crippen molar-refractivity contribution in [1.82, 2.24) is 0 Å². The van der Waals surface area contributed by atoms with Crippen LogP contribution in [0.1, 0.15) is 19.4 Å². The van der Waals surface area contributed by atoms with Crippen molar-refractivity contribution < 1.29 is 14.6 Å². The highest BCUT2D eigenvalue weighted by Gasteiger charge is 2.27. The summed E-state index contributed by atoms with van der Waals surface area (Å²) in [5.74, 6) is 0.0648. The monoisotopic (exact) mass is 264 g/mol. The third-order valence-corrected chi connectivity index (χ3v) is 3.33. The van der Waals surface area contributed by atoms with E-state index < -0.39 is 6.10 Å². The summed E-state index contributed by atoms with van der Waals surface area (Å²) in [5, 5.41) is 9.71. The molecular weight excluding hydrogens is 240 g/mol. The minimum Gasteiger partial charge on any atom is -0.391 e. The van der Waals surface area contributed by atoms with E-state index in [9.17, 15) is 5.11 Å². The molecular formula is C16H24O3. The Kier molecular flexibility index (Phi) is 6.78. The third-order valence-electron chi connectivity index (χ3n) is 3.33. The molecule has 1 N–H and O–H groups in total. The maximum absolute atomic E-state index is 9.71. The minimum absolute atomic E-state index is 0.0648. The minimum atomic E-state index is -0.525. The van der Waals surface area contributed by atoms with Crippen LogP contribution in [0.3, 0.4) is 0 Å². The molecule has 1 aromatic carbocycles. The molecule has 0 aliphatic rings. The zero-order valence-corrected chi connectivity index (χ0v) is 12.1. The molecule has 1 aromatic rings. The van der Waals surface area contributed by atoms with Crippen molar-refractivity contribution in [2.24, 2.45) is 5.92 Å². The molecule has 0 amide bonds. The maximum Gasteiger partial charge on any atom is 0.0880 e. The van der Waals surface area contributed by atoms with Gasteiger partial charge in [0.25, 0.3) is 0 Å². The fourth-order valence-corrected chi connectivity index (χ4v) is 2.28. The number of ether oxygens (including phenoxy) is 2. The largest absolute Gasteiger partial charge is 0.391 e. The summed E-state index contributed by atoms with van der Waals surface area (Å²) in [6, 6.07) is 10.1. The standard InChI is InChI=1S/C16H24O3/c1-12(16(19-4)13(2)17)15(18-3)11-10-14-8-6-5-7-9-14/h5-13,15-17H,1-4H3/b11-10+/t12-,13?,15+,16-/m1/s1. The van der Waals surface area contributed by atoms with Gasteiger partial charge in [0.1, 0.15) is 0 Å². The summed E-state index contributed by atoms with van der Waals surface area (Å²) >= 11 is 0. The van der Waals surface area contributed by atoms with Crippen molar-refractivity contribution in [1.29, 1.82) is 0 Å². The first-order chi connectivity index (χ1) is 9.10. The number of aliphatic hydroxyl groups is 1. The summed E-state index contributed by atoms with van der Waals surface area (Å²) in [6.45, 7) is 3.75. The van der Waals surface area contributed by atoms with E-state index in [1.54, 1.807) is 21.1 Å². The molecule has 106 valence electrons. The summed E-state index contributed by atoms with van der Waals surface area (Å²) in [4.78, 5) is 0. The lowest BCUT2D eigenvalue weighted by atomic mass is 9.93. The van der Waals surface area contributed by atoms with Gasteiger partial charge in [0.15, 0.2) is 0 Å². The average Bonchev–Trinajstić information content (AvgIpc) is 2.41. The molecule has 0 saturated carbocycles. The van der Waals surface area contributed by atoms with Gasteiger partial charge >= 0.3 is 0 Å². The SMILES string of the molecule is CO[C@@H](/C=C/c1ccccc1)[C@@H](C)[C@@H](OC)C(C)O. The van der Waals surface area contributed by atoms with Gasteiger partial charge in [0.05, 0.1) is 18.3 Å². The molecule has 0 heterocycles. The van der Waals surface area contributed by atoms with Gasteiger partial charge in [-0.2, -0.15) is 0 Å². The fraction of sp³-hybridized carbons (Fsp3) is 0.500. The molecule has 4 atom stereocenters. The predicted octanol–water partition coefficient (Wildman–Crippen LogP) is 2.75. The lowest BCUT2D eigenvalue weighted by Gasteiger charge is -2.29. The van der Waals surface area contributed by atoms with Crippen molar-refractivity contribution in [3.8, 4) is 0 Å². The smallest absolute Gasteiger partial charge is 0.0880 e. The van der Waals surface area contributed by atoms with Gasteiger partial charge in [-0.05, 0) is 12.5 Å². The second-order valence-corrected chi connectivity index (χ2v) is 4.77. The van der Waals surface area contributed by atoms with Crippen molar-refractivity contribution in [2.75, 3.05) is 14.2 Å². The van der Waals surface area contributed by atoms with Crippen molar-refractivity contribution in [3.05, 3.63) is 42.0 Å². The van der Waals surface area contributed by atoms with Crippen LogP contribution in [0.2, 0.25) is 0 Å². The average molecular weight is 264 g/mol. The third kappa shape index (κ3) is 4.78.